The third-order valence-corrected chi connectivity index (χ3v) is 10.2. The molecule has 0 amide bonds. The van der Waals surface area contributed by atoms with Gasteiger partial charge in [0.25, 0.3) is 7.82 Å². The number of quaternary nitrogens is 1. The van der Waals surface area contributed by atoms with E-state index in [1.54, 1.807) is 0 Å². The molecule has 2 atom stereocenters. The highest BCUT2D eigenvalue weighted by Gasteiger charge is 2.21. The molecule has 0 bridgehead atoms. The second-order valence-corrected chi connectivity index (χ2v) is 17.1. The van der Waals surface area contributed by atoms with Crippen molar-refractivity contribution >= 4 is 19.8 Å². The number of carbonyl (C=O) groups excluding carboxylic acids is 2. The van der Waals surface area contributed by atoms with Crippen molar-refractivity contribution in [2.45, 2.75) is 193 Å². The maximum atomic E-state index is 12.7. The minimum absolute atomic E-state index is 0.0313. The Morgan fingerprint density at radius 3 is 1.55 bits per heavy atom. The van der Waals surface area contributed by atoms with E-state index in [9.17, 15) is 19.0 Å². The normalized spacial score (nSPS) is 13.8. The average molecular weight is 772 g/mol. The number of phosphoric acid groups is 1. The Kier molecular flexibility index (Phi) is 35.1. The van der Waals surface area contributed by atoms with Crippen molar-refractivity contribution in [3.05, 3.63) is 24.3 Å². The summed E-state index contributed by atoms with van der Waals surface area (Å²) >= 11 is 0. The summed E-state index contributed by atoms with van der Waals surface area (Å²) in [6.45, 7) is 4.18. The molecule has 0 aromatic heterocycles. The number of carbonyl (C=O) groups is 2. The number of hydrogen-bond donors (Lipinski definition) is 0. The number of esters is 2. The summed E-state index contributed by atoms with van der Waals surface area (Å²) in [5.41, 5.74) is 0. The van der Waals surface area contributed by atoms with Crippen LogP contribution >= 0.6 is 7.82 Å². The third-order valence-electron chi connectivity index (χ3n) is 9.22. The number of allylic oxidation sites excluding steroid dienone is 4. The fourth-order valence-corrected chi connectivity index (χ4v) is 6.52. The van der Waals surface area contributed by atoms with Crippen molar-refractivity contribution in [1.82, 2.24) is 0 Å². The van der Waals surface area contributed by atoms with Crippen LogP contribution < -0.4 is 4.89 Å². The SMILES string of the molecule is CCCC/C=C/C/C=C/CCCCCCCC(=O)OC[C@H](COP(=O)([O-])OCC[N+](C)(C)C)OC(=O)CCCCCCCCCCCCCCCCC. The highest BCUT2D eigenvalue weighted by Crippen LogP contribution is 2.38. The monoisotopic (exact) mass is 772 g/mol. The molecule has 1 unspecified atom stereocenters. The molecule has 0 aromatic rings. The second-order valence-electron chi connectivity index (χ2n) is 15.7. The van der Waals surface area contributed by atoms with Crippen molar-refractivity contribution in [1.29, 1.82) is 0 Å². The molecule has 312 valence electrons. The summed E-state index contributed by atoms with van der Waals surface area (Å²) < 4.78 is 33.9. The smallest absolute Gasteiger partial charge is 0.306 e. The van der Waals surface area contributed by atoms with Crippen molar-refractivity contribution in [2.75, 3.05) is 47.5 Å². The van der Waals surface area contributed by atoms with E-state index in [-0.39, 0.29) is 26.1 Å². The molecule has 0 rings (SSSR count). The highest BCUT2D eigenvalue weighted by atomic mass is 31.2. The first-order valence-corrected chi connectivity index (χ1v) is 23.0. The Labute approximate surface area is 326 Å². The Morgan fingerprint density at radius 1 is 0.585 bits per heavy atom. The van der Waals surface area contributed by atoms with Gasteiger partial charge in [0.2, 0.25) is 0 Å². The van der Waals surface area contributed by atoms with Crippen LogP contribution in [0, 0.1) is 0 Å². The first-order chi connectivity index (χ1) is 25.5. The van der Waals surface area contributed by atoms with Gasteiger partial charge in [-0.25, -0.2) is 0 Å². The zero-order valence-electron chi connectivity index (χ0n) is 35.0. The summed E-state index contributed by atoms with van der Waals surface area (Å²) in [5.74, 6) is -0.845. The van der Waals surface area contributed by atoms with Crippen molar-refractivity contribution < 1.29 is 42.1 Å². The molecule has 0 heterocycles. The summed E-state index contributed by atoms with van der Waals surface area (Å²) in [7, 11) is 1.16. The van der Waals surface area contributed by atoms with Crippen LogP contribution in [0.15, 0.2) is 24.3 Å². The Morgan fingerprint density at radius 2 is 1.04 bits per heavy atom. The molecule has 0 aliphatic carbocycles. The third kappa shape index (κ3) is 40.0. The zero-order chi connectivity index (χ0) is 39.3. The van der Waals surface area contributed by atoms with E-state index in [1.807, 2.05) is 21.1 Å². The average Bonchev–Trinajstić information content (AvgIpc) is 3.10. The fourth-order valence-electron chi connectivity index (χ4n) is 5.79. The van der Waals surface area contributed by atoms with Crippen molar-refractivity contribution in [2.24, 2.45) is 0 Å². The van der Waals surface area contributed by atoms with E-state index in [4.69, 9.17) is 18.5 Å². The molecule has 0 saturated heterocycles. The molecule has 0 radical (unpaired) electrons. The highest BCUT2D eigenvalue weighted by molar-refractivity contribution is 7.45. The predicted octanol–water partition coefficient (Wildman–Crippen LogP) is 11.3. The van der Waals surface area contributed by atoms with Gasteiger partial charge < -0.3 is 27.9 Å². The van der Waals surface area contributed by atoms with Crippen LogP contribution in [0.25, 0.3) is 0 Å². The molecule has 0 spiro atoms. The fraction of sp³-hybridized carbons (Fsp3) is 0.860. The molecule has 0 aliphatic rings. The van der Waals surface area contributed by atoms with Gasteiger partial charge in [-0.3, -0.25) is 14.2 Å². The Hall–Kier alpha value is -1.51. The minimum Gasteiger partial charge on any atom is -0.756 e. The number of unbranched alkanes of at least 4 members (excludes halogenated alkanes) is 21. The van der Waals surface area contributed by atoms with Gasteiger partial charge in [-0.05, 0) is 38.5 Å². The van der Waals surface area contributed by atoms with Gasteiger partial charge in [-0.1, -0.05) is 160 Å². The molecule has 0 N–H and O–H groups in total. The molecule has 0 aliphatic heterocycles. The molecule has 0 saturated carbocycles. The topological polar surface area (TPSA) is 111 Å². The summed E-state index contributed by atoms with van der Waals surface area (Å²) in [5, 5.41) is 0. The summed E-state index contributed by atoms with van der Waals surface area (Å²) in [4.78, 5) is 37.5. The lowest BCUT2D eigenvalue weighted by molar-refractivity contribution is -0.870. The number of nitrogens with zero attached hydrogens (tertiary/aromatic N) is 1. The van der Waals surface area contributed by atoms with Crippen LogP contribution in [-0.2, 0) is 32.7 Å². The Bertz CT molecular complexity index is 964. The standard InChI is InChI=1S/C43H82NO8P/c1-6-8-10-12-14-16-18-20-22-24-26-28-30-32-34-36-43(46)52-41(40-51-53(47,48)50-38-37-44(3,4)5)39-49-42(45)35-33-31-29-27-25-23-21-19-17-15-13-11-9-7-2/h13,15,19,21,41H,6-12,14,16-18,20,22-40H2,1-5H3/b15-13+,21-19+/t41-/m1/s1. The van der Waals surface area contributed by atoms with Crippen molar-refractivity contribution in [3.63, 3.8) is 0 Å². The van der Waals surface area contributed by atoms with E-state index in [0.717, 1.165) is 57.8 Å². The lowest BCUT2D eigenvalue weighted by Gasteiger charge is -2.28. The van der Waals surface area contributed by atoms with Gasteiger partial charge in [-0.15, -0.1) is 0 Å². The molecule has 9 nitrogen and oxygen atoms in total. The van der Waals surface area contributed by atoms with Crippen LogP contribution in [0.5, 0.6) is 0 Å². The van der Waals surface area contributed by atoms with Gasteiger partial charge in [0.1, 0.15) is 19.8 Å². The van der Waals surface area contributed by atoms with Crippen LogP contribution in [0.1, 0.15) is 187 Å². The Balaban J connectivity index is 4.38. The lowest BCUT2D eigenvalue weighted by Crippen LogP contribution is -2.37. The first kappa shape index (κ1) is 51.5. The summed E-state index contributed by atoms with van der Waals surface area (Å²) in [6, 6.07) is 0. The van der Waals surface area contributed by atoms with Crippen LogP contribution in [0.3, 0.4) is 0 Å². The molecule has 53 heavy (non-hydrogen) atoms. The first-order valence-electron chi connectivity index (χ1n) is 21.5. The van der Waals surface area contributed by atoms with E-state index >= 15 is 0 Å². The minimum atomic E-state index is -4.62. The second kappa shape index (κ2) is 36.1. The van der Waals surface area contributed by atoms with Crippen molar-refractivity contribution in [3.8, 4) is 0 Å². The molecule has 10 heteroatoms. The van der Waals surface area contributed by atoms with Crippen LogP contribution in [0.2, 0.25) is 0 Å². The quantitative estimate of drug-likeness (QED) is 0.0200. The van der Waals surface area contributed by atoms with E-state index in [2.05, 4.69) is 38.2 Å². The number of rotatable bonds is 39. The molecule has 0 aromatic carbocycles. The number of phosphoric ester groups is 1. The number of likely N-dealkylation sites (N-methyl/N-ethyl adjacent to an activating group) is 1. The van der Waals surface area contributed by atoms with Gasteiger partial charge >= 0.3 is 11.9 Å². The summed E-state index contributed by atoms with van der Waals surface area (Å²) in [6.07, 6.45) is 37.7. The van der Waals surface area contributed by atoms with Gasteiger partial charge in [0.15, 0.2) is 6.10 Å². The zero-order valence-corrected chi connectivity index (χ0v) is 35.9. The lowest BCUT2D eigenvalue weighted by atomic mass is 10.0. The van der Waals surface area contributed by atoms with Gasteiger partial charge in [0.05, 0.1) is 27.7 Å². The van der Waals surface area contributed by atoms with Crippen LogP contribution in [-0.4, -0.2) is 70.0 Å². The molecular formula is C43H82NO8P. The molecular weight excluding hydrogens is 689 g/mol. The predicted molar refractivity (Wildman–Crippen MR) is 218 cm³/mol. The number of ether oxygens (including phenoxy) is 2. The maximum absolute atomic E-state index is 12.7. The van der Waals surface area contributed by atoms with E-state index in [1.165, 1.54) is 89.9 Å². The molecule has 0 fully saturated rings. The maximum Gasteiger partial charge on any atom is 0.306 e. The van der Waals surface area contributed by atoms with Crippen LogP contribution in [0.4, 0.5) is 0 Å². The van der Waals surface area contributed by atoms with E-state index in [0.29, 0.717) is 23.9 Å². The van der Waals surface area contributed by atoms with E-state index < -0.39 is 32.5 Å². The number of hydrogen-bond acceptors (Lipinski definition) is 8. The largest absolute Gasteiger partial charge is 0.756 e. The van der Waals surface area contributed by atoms with Gasteiger partial charge in [-0.2, -0.15) is 0 Å². The van der Waals surface area contributed by atoms with Gasteiger partial charge in [0, 0.05) is 12.8 Å².